The Hall–Kier alpha value is -0.0800. The van der Waals surface area contributed by atoms with Crippen LogP contribution in [0.4, 0.5) is 0 Å². The molecule has 16 heavy (non-hydrogen) atoms. The molecular formula is C14H30N2. The first-order valence-corrected chi connectivity index (χ1v) is 6.96. The molecule has 1 rings (SSSR count). The number of nitrogens with two attached hydrogens (primary N) is 1. The van der Waals surface area contributed by atoms with Crippen LogP contribution in [0.3, 0.4) is 0 Å². The first-order chi connectivity index (χ1) is 7.53. The maximum atomic E-state index is 5.63. The van der Waals surface area contributed by atoms with E-state index in [9.17, 15) is 0 Å². The zero-order valence-corrected chi connectivity index (χ0v) is 11.5. The van der Waals surface area contributed by atoms with Gasteiger partial charge in [-0.15, -0.1) is 0 Å². The monoisotopic (exact) mass is 226 g/mol. The second kappa shape index (κ2) is 6.61. The summed E-state index contributed by atoms with van der Waals surface area (Å²) in [5, 5.41) is 0. The third-order valence-electron chi connectivity index (χ3n) is 4.03. The van der Waals surface area contributed by atoms with Crippen molar-refractivity contribution in [3.05, 3.63) is 0 Å². The van der Waals surface area contributed by atoms with Crippen LogP contribution in [-0.2, 0) is 0 Å². The third kappa shape index (κ3) is 5.31. The molecule has 0 aromatic carbocycles. The highest BCUT2D eigenvalue weighted by atomic mass is 15.1. The van der Waals surface area contributed by atoms with Crippen LogP contribution in [0, 0.1) is 11.3 Å². The Labute approximate surface area is 102 Å². The molecule has 0 bridgehead atoms. The molecule has 0 aromatic rings. The van der Waals surface area contributed by atoms with E-state index >= 15 is 0 Å². The van der Waals surface area contributed by atoms with Gasteiger partial charge in [0.05, 0.1) is 0 Å². The summed E-state index contributed by atoms with van der Waals surface area (Å²) < 4.78 is 0. The standard InChI is InChI=1S/C14H30N2/c1-13-5-11-16(12-6-13)10-4-7-14(2,3)8-9-15/h13H,4-12,15H2,1-3H3. The quantitative estimate of drug-likeness (QED) is 0.754. The lowest BCUT2D eigenvalue weighted by Crippen LogP contribution is -2.34. The Kier molecular flexibility index (Phi) is 5.77. The van der Waals surface area contributed by atoms with E-state index in [-0.39, 0.29) is 0 Å². The Morgan fingerprint density at radius 3 is 2.38 bits per heavy atom. The smallest absolute Gasteiger partial charge is 0.00162 e. The van der Waals surface area contributed by atoms with Gasteiger partial charge in [0.15, 0.2) is 0 Å². The molecule has 1 heterocycles. The maximum absolute atomic E-state index is 5.63. The second-order valence-electron chi connectivity index (χ2n) is 6.33. The molecule has 1 fully saturated rings. The van der Waals surface area contributed by atoms with Crippen molar-refractivity contribution in [2.75, 3.05) is 26.2 Å². The first-order valence-electron chi connectivity index (χ1n) is 6.96. The fourth-order valence-electron chi connectivity index (χ4n) is 2.58. The molecule has 0 aromatic heterocycles. The van der Waals surface area contributed by atoms with Crippen molar-refractivity contribution in [2.45, 2.75) is 52.9 Å². The highest BCUT2D eigenvalue weighted by Gasteiger charge is 2.18. The summed E-state index contributed by atoms with van der Waals surface area (Å²) in [6.07, 6.45) is 6.60. The molecule has 1 aliphatic heterocycles. The Balaban J connectivity index is 2.11. The van der Waals surface area contributed by atoms with Crippen LogP contribution in [0.25, 0.3) is 0 Å². The zero-order valence-electron chi connectivity index (χ0n) is 11.5. The fourth-order valence-corrected chi connectivity index (χ4v) is 2.58. The van der Waals surface area contributed by atoms with Crippen molar-refractivity contribution in [3.8, 4) is 0 Å². The largest absolute Gasteiger partial charge is 0.330 e. The average molecular weight is 226 g/mol. The van der Waals surface area contributed by atoms with Gasteiger partial charge < -0.3 is 10.6 Å². The Morgan fingerprint density at radius 2 is 1.81 bits per heavy atom. The summed E-state index contributed by atoms with van der Waals surface area (Å²) in [6.45, 7) is 11.8. The van der Waals surface area contributed by atoms with E-state index in [4.69, 9.17) is 5.73 Å². The predicted octanol–water partition coefficient (Wildman–Crippen LogP) is 2.87. The van der Waals surface area contributed by atoms with Crippen molar-refractivity contribution < 1.29 is 0 Å². The Bertz CT molecular complexity index is 181. The van der Waals surface area contributed by atoms with Gasteiger partial charge in [-0.2, -0.15) is 0 Å². The van der Waals surface area contributed by atoms with Gasteiger partial charge in [0.1, 0.15) is 0 Å². The van der Waals surface area contributed by atoms with Crippen LogP contribution in [-0.4, -0.2) is 31.1 Å². The number of hydrogen-bond acceptors (Lipinski definition) is 2. The molecule has 0 unspecified atom stereocenters. The van der Waals surface area contributed by atoms with Gasteiger partial charge in [-0.3, -0.25) is 0 Å². The molecule has 0 spiro atoms. The summed E-state index contributed by atoms with van der Waals surface area (Å²) in [7, 11) is 0. The zero-order chi connectivity index (χ0) is 12.0. The number of nitrogens with zero attached hydrogens (tertiary/aromatic N) is 1. The van der Waals surface area contributed by atoms with Gasteiger partial charge in [0.2, 0.25) is 0 Å². The minimum atomic E-state index is 0.442. The number of likely N-dealkylation sites (tertiary alicyclic amines) is 1. The lowest BCUT2D eigenvalue weighted by atomic mass is 9.84. The van der Waals surface area contributed by atoms with E-state index in [1.54, 1.807) is 0 Å². The minimum Gasteiger partial charge on any atom is -0.330 e. The van der Waals surface area contributed by atoms with Crippen LogP contribution in [0.15, 0.2) is 0 Å². The third-order valence-corrected chi connectivity index (χ3v) is 4.03. The SMILES string of the molecule is CC1CCN(CCCC(C)(C)CCN)CC1. The Morgan fingerprint density at radius 1 is 1.19 bits per heavy atom. The van der Waals surface area contributed by atoms with Crippen molar-refractivity contribution in [1.82, 2.24) is 4.90 Å². The van der Waals surface area contributed by atoms with Crippen molar-refractivity contribution in [3.63, 3.8) is 0 Å². The van der Waals surface area contributed by atoms with E-state index in [2.05, 4.69) is 25.7 Å². The van der Waals surface area contributed by atoms with Gasteiger partial charge in [-0.1, -0.05) is 20.8 Å². The predicted molar refractivity (Wildman–Crippen MR) is 71.5 cm³/mol. The van der Waals surface area contributed by atoms with E-state index in [1.807, 2.05) is 0 Å². The van der Waals surface area contributed by atoms with E-state index in [1.165, 1.54) is 45.3 Å². The average Bonchev–Trinajstić information content (AvgIpc) is 2.20. The molecule has 0 aliphatic carbocycles. The highest BCUT2D eigenvalue weighted by molar-refractivity contribution is 4.73. The maximum Gasteiger partial charge on any atom is -0.00162 e. The second-order valence-corrected chi connectivity index (χ2v) is 6.33. The van der Waals surface area contributed by atoms with Crippen LogP contribution in [0.2, 0.25) is 0 Å². The number of rotatable bonds is 6. The van der Waals surface area contributed by atoms with E-state index in [0.29, 0.717) is 5.41 Å². The van der Waals surface area contributed by atoms with Crippen molar-refractivity contribution in [1.29, 1.82) is 0 Å². The molecule has 0 radical (unpaired) electrons. The molecule has 96 valence electrons. The molecule has 0 atom stereocenters. The first kappa shape index (κ1) is 14.0. The van der Waals surface area contributed by atoms with Crippen molar-refractivity contribution >= 4 is 0 Å². The van der Waals surface area contributed by atoms with Crippen LogP contribution < -0.4 is 5.73 Å². The van der Waals surface area contributed by atoms with Gasteiger partial charge in [0.25, 0.3) is 0 Å². The fraction of sp³-hybridized carbons (Fsp3) is 1.00. The van der Waals surface area contributed by atoms with Crippen LogP contribution in [0.1, 0.15) is 52.9 Å². The molecule has 2 nitrogen and oxygen atoms in total. The lowest BCUT2D eigenvalue weighted by molar-refractivity contribution is 0.178. The lowest BCUT2D eigenvalue weighted by Gasteiger charge is -2.31. The van der Waals surface area contributed by atoms with Gasteiger partial charge >= 0.3 is 0 Å². The van der Waals surface area contributed by atoms with Gasteiger partial charge in [-0.25, -0.2) is 0 Å². The summed E-state index contributed by atoms with van der Waals surface area (Å²) >= 11 is 0. The van der Waals surface area contributed by atoms with Gasteiger partial charge in [-0.05, 0) is 69.6 Å². The highest BCUT2D eigenvalue weighted by Crippen LogP contribution is 2.26. The van der Waals surface area contributed by atoms with Gasteiger partial charge in [0, 0.05) is 0 Å². The summed E-state index contributed by atoms with van der Waals surface area (Å²) in [5.74, 6) is 0.949. The van der Waals surface area contributed by atoms with E-state index < -0.39 is 0 Å². The topological polar surface area (TPSA) is 29.3 Å². The molecule has 2 heteroatoms. The van der Waals surface area contributed by atoms with Crippen LogP contribution in [0.5, 0.6) is 0 Å². The molecule has 1 saturated heterocycles. The van der Waals surface area contributed by atoms with Crippen molar-refractivity contribution in [2.24, 2.45) is 17.1 Å². The summed E-state index contributed by atoms with van der Waals surface area (Å²) in [4.78, 5) is 2.64. The summed E-state index contributed by atoms with van der Waals surface area (Å²) in [6, 6.07) is 0. The minimum absolute atomic E-state index is 0.442. The molecule has 0 saturated carbocycles. The number of piperidine rings is 1. The molecular weight excluding hydrogens is 196 g/mol. The molecule has 0 amide bonds. The number of hydrogen-bond donors (Lipinski definition) is 1. The normalized spacial score (nSPS) is 20.2. The van der Waals surface area contributed by atoms with Crippen LogP contribution >= 0.6 is 0 Å². The molecule has 2 N–H and O–H groups in total. The molecule has 1 aliphatic rings. The van der Waals surface area contributed by atoms with E-state index in [0.717, 1.165) is 18.9 Å². The summed E-state index contributed by atoms with van der Waals surface area (Å²) in [5.41, 5.74) is 6.08.